The van der Waals surface area contributed by atoms with Gasteiger partial charge in [0.15, 0.2) is 0 Å². The average molecular weight is 285 g/mol. The molecule has 1 fully saturated rings. The van der Waals surface area contributed by atoms with E-state index in [1.54, 1.807) is 0 Å². The zero-order valence-corrected chi connectivity index (χ0v) is 11.8. The lowest BCUT2D eigenvalue weighted by molar-refractivity contribution is -0.142. The lowest BCUT2D eigenvalue weighted by Gasteiger charge is -2.30. The van der Waals surface area contributed by atoms with E-state index in [4.69, 9.17) is 10.8 Å². The summed E-state index contributed by atoms with van der Waals surface area (Å²) in [6.45, 7) is 2.93. The number of amides is 3. The fourth-order valence-electron chi connectivity index (χ4n) is 2.42. The van der Waals surface area contributed by atoms with Gasteiger partial charge in [0.1, 0.15) is 0 Å². The summed E-state index contributed by atoms with van der Waals surface area (Å²) in [7, 11) is 0. The summed E-state index contributed by atoms with van der Waals surface area (Å²) in [6, 6.07) is -0.517. The minimum absolute atomic E-state index is 0.134. The van der Waals surface area contributed by atoms with Crippen LogP contribution in [0.5, 0.6) is 0 Å². The molecule has 0 aromatic carbocycles. The smallest absolute Gasteiger partial charge is 0.314 e. The summed E-state index contributed by atoms with van der Waals surface area (Å²) < 4.78 is 0. The van der Waals surface area contributed by atoms with E-state index in [0.717, 1.165) is 12.8 Å². The van der Waals surface area contributed by atoms with Gasteiger partial charge >= 0.3 is 12.0 Å². The van der Waals surface area contributed by atoms with E-state index < -0.39 is 17.9 Å². The number of hydrogen-bond acceptors (Lipinski definition) is 3. The van der Waals surface area contributed by atoms with Crippen molar-refractivity contribution in [2.45, 2.75) is 32.6 Å². The Labute approximate surface area is 118 Å². The van der Waals surface area contributed by atoms with Crippen LogP contribution in [0.15, 0.2) is 0 Å². The number of nitrogens with two attached hydrogens (primary N) is 1. The van der Waals surface area contributed by atoms with Gasteiger partial charge in [-0.2, -0.15) is 0 Å². The van der Waals surface area contributed by atoms with Gasteiger partial charge in [-0.3, -0.25) is 9.59 Å². The van der Waals surface area contributed by atoms with E-state index in [1.165, 1.54) is 4.90 Å². The Hall–Kier alpha value is -1.79. The van der Waals surface area contributed by atoms with Crippen LogP contribution in [0, 0.1) is 11.8 Å². The van der Waals surface area contributed by atoms with Crippen molar-refractivity contribution in [2.75, 3.05) is 19.6 Å². The molecule has 0 aromatic heterocycles. The van der Waals surface area contributed by atoms with E-state index >= 15 is 0 Å². The molecule has 0 spiro atoms. The number of hydrogen-bond donors (Lipinski definition) is 3. The largest absolute Gasteiger partial charge is 0.481 e. The summed E-state index contributed by atoms with van der Waals surface area (Å²) in [6.07, 6.45) is 2.72. The normalized spacial score (nSPS) is 20.2. The van der Waals surface area contributed by atoms with Gasteiger partial charge in [-0.05, 0) is 19.3 Å². The van der Waals surface area contributed by atoms with Crippen LogP contribution in [-0.2, 0) is 9.59 Å². The maximum Gasteiger partial charge on any atom is 0.314 e. The summed E-state index contributed by atoms with van der Waals surface area (Å²) in [5.74, 6) is -1.94. The Balaban J connectivity index is 2.45. The first-order valence-corrected chi connectivity index (χ1v) is 7.00. The van der Waals surface area contributed by atoms with Gasteiger partial charge in [0.25, 0.3) is 0 Å². The van der Waals surface area contributed by atoms with E-state index in [0.29, 0.717) is 25.9 Å². The Morgan fingerprint density at radius 3 is 2.70 bits per heavy atom. The second kappa shape index (κ2) is 7.72. The van der Waals surface area contributed by atoms with Crippen molar-refractivity contribution in [1.29, 1.82) is 0 Å². The van der Waals surface area contributed by atoms with E-state index in [2.05, 4.69) is 5.32 Å². The number of nitrogens with zero attached hydrogens (tertiary/aromatic N) is 1. The number of urea groups is 1. The van der Waals surface area contributed by atoms with Crippen molar-refractivity contribution >= 4 is 17.9 Å². The summed E-state index contributed by atoms with van der Waals surface area (Å²) in [4.78, 5) is 35.6. The van der Waals surface area contributed by atoms with Crippen LogP contribution in [0.3, 0.4) is 0 Å². The predicted octanol–water partition coefficient (Wildman–Crippen LogP) is 0.394. The third kappa shape index (κ3) is 4.71. The molecule has 1 saturated heterocycles. The van der Waals surface area contributed by atoms with Crippen LogP contribution in [-0.4, -0.2) is 47.5 Å². The summed E-state index contributed by atoms with van der Waals surface area (Å²) >= 11 is 0. The molecule has 1 rings (SSSR count). The van der Waals surface area contributed by atoms with Crippen LogP contribution in [0.4, 0.5) is 4.79 Å². The van der Waals surface area contributed by atoms with Crippen LogP contribution < -0.4 is 11.1 Å². The number of carbonyl (C=O) groups is 3. The van der Waals surface area contributed by atoms with Gasteiger partial charge in [0, 0.05) is 19.6 Å². The second-order valence-electron chi connectivity index (χ2n) is 5.19. The van der Waals surface area contributed by atoms with Crippen molar-refractivity contribution in [1.82, 2.24) is 10.2 Å². The molecule has 0 aliphatic carbocycles. The molecule has 0 bridgehead atoms. The van der Waals surface area contributed by atoms with Crippen LogP contribution in [0.25, 0.3) is 0 Å². The standard InChI is InChI=1S/C13H23N3O4/c1-2-4-9(12(18)19)7-15-11(17)10-5-3-6-16(8-10)13(14)20/h9-10H,2-8H2,1H3,(H2,14,20)(H,15,17)(H,18,19). The number of carboxylic acid groups (broad SMARTS) is 1. The van der Waals surface area contributed by atoms with Crippen molar-refractivity contribution in [2.24, 2.45) is 17.6 Å². The zero-order chi connectivity index (χ0) is 15.1. The highest BCUT2D eigenvalue weighted by atomic mass is 16.4. The molecule has 4 N–H and O–H groups in total. The quantitative estimate of drug-likeness (QED) is 0.655. The predicted molar refractivity (Wildman–Crippen MR) is 72.9 cm³/mol. The first-order valence-electron chi connectivity index (χ1n) is 7.00. The van der Waals surface area contributed by atoms with Gasteiger partial charge in [-0.25, -0.2) is 4.79 Å². The SMILES string of the molecule is CCCC(CNC(=O)C1CCCN(C(N)=O)C1)C(=O)O. The second-order valence-corrected chi connectivity index (χ2v) is 5.19. The first kappa shape index (κ1) is 16.3. The highest BCUT2D eigenvalue weighted by Crippen LogP contribution is 2.16. The fourth-order valence-corrected chi connectivity index (χ4v) is 2.42. The Bertz CT molecular complexity index is 373. The molecule has 0 radical (unpaired) electrons. The molecule has 3 amide bonds. The molecule has 2 atom stereocenters. The molecule has 0 aromatic rings. The van der Waals surface area contributed by atoms with E-state index in [-0.39, 0.29) is 18.4 Å². The van der Waals surface area contributed by atoms with Crippen LogP contribution >= 0.6 is 0 Å². The lowest BCUT2D eigenvalue weighted by Crippen LogP contribution is -2.48. The van der Waals surface area contributed by atoms with Gasteiger partial charge in [0.05, 0.1) is 11.8 Å². The highest BCUT2D eigenvalue weighted by Gasteiger charge is 2.28. The fraction of sp³-hybridized carbons (Fsp3) is 0.769. The number of piperidine rings is 1. The Kier molecular flexibility index (Phi) is 6.27. The number of carbonyl (C=O) groups excluding carboxylic acids is 2. The summed E-state index contributed by atoms with van der Waals surface area (Å²) in [5, 5.41) is 11.7. The van der Waals surface area contributed by atoms with E-state index in [1.807, 2.05) is 6.92 Å². The van der Waals surface area contributed by atoms with Crippen molar-refractivity contribution in [3.05, 3.63) is 0 Å². The maximum atomic E-state index is 12.0. The number of primary amides is 1. The van der Waals surface area contributed by atoms with Crippen LogP contribution in [0.2, 0.25) is 0 Å². The molecule has 20 heavy (non-hydrogen) atoms. The molecule has 2 unspecified atom stereocenters. The molecule has 7 nitrogen and oxygen atoms in total. The number of nitrogens with one attached hydrogen (secondary N) is 1. The van der Waals surface area contributed by atoms with Crippen molar-refractivity contribution in [3.63, 3.8) is 0 Å². The topological polar surface area (TPSA) is 113 Å². The first-order chi connectivity index (χ1) is 9.45. The number of rotatable bonds is 6. The molecule has 1 heterocycles. The highest BCUT2D eigenvalue weighted by molar-refractivity contribution is 5.81. The zero-order valence-electron chi connectivity index (χ0n) is 11.8. The number of carboxylic acids is 1. The average Bonchev–Trinajstić information content (AvgIpc) is 2.42. The van der Waals surface area contributed by atoms with E-state index in [9.17, 15) is 14.4 Å². The van der Waals surface area contributed by atoms with Gasteiger partial charge in [-0.1, -0.05) is 13.3 Å². The molecule has 7 heteroatoms. The number of likely N-dealkylation sites (tertiary alicyclic amines) is 1. The lowest BCUT2D eigenvalue weighted by atomic mass is 9.96. The van der Waals surface area contributed by atoms with Crippen LogP contribution in [0.1, 0.15) is 32.6 Å². The molecular formula is C13H23N3O4. The maximum absolute atomic E-state index is 12.0. The van der Waals surface area contributed by atoms with Gasteiger partial charge in [0.2, 0.25) is 5.91 Å². The third-order valence-electron chi connectivity index (χ3n) is 3.61. The number of aliphatic carboxylic acids is 1. The van der Waals surface area contributed by atoms with Gasteiger partial charge < -0.3 is 21.1 Å². The molecule has 0 saturated carbocycles. The molecule has 1 aliphatic heterocycles. The Morgan fingerprint density at radius 2 is 2.15 bits per heavy atom. The van der Waals surface area contributed by atoms with Crippen molar-refractivity contribution < 1.29 is 19.5 Å². The van der Waals surface area contributed by atoms with Crippen molar-refractivity contribution in [3.8, 4) is 0 Å². The van der Waals surface area contributed by atoms with Gasteiger partial charge in [-0.15, -0.1) is 0 Å². The molecular weight excluding hydrogens is 262 g/mol. The molecule has 114 valence electrons. The minimum Gasteiger partial charge on any atom is -0.481 e. The monoisotopic (exact) mass is 285 g/mol. The summed E-state index contributed by atoms with van der Waals surface area (Å²) in [5.41, 5.74) is 5.21. The third-order valence-corrected chi connectivity index (χ3v) is 3.61. The molecule has 1 aliphatic rings. The Morgan fingerprint density at radius 1 is 1.45 bits per heavy atom. The minimum atomic E-state index is -0.894.